The Labute approximate surface area is 130 Å². The van der Waals surface area contributed by atoms with Crippen molar-refractivity contribution in [2.45, 2.75) is 52.4 Å². The van der Waals surface area contributed by atoms with E-state index in [0.717, 1.165) is 18.6 Å². The van der Waals surface area contributed by atoms with E-state index in [1.165, 1.54) is 11.1 Å². The van der Waals surface area contributed by atoms with E-state index in [4.69, 9.17) is 16.2 Å². The molecule has 1 unspecified atom stereocenters. The van der Waals surface area contributed by atoms with Crippen LogP contribution in [0.25, 0.3) is 0 Å². The Morgan fingerprint density at radius 3 is 2.24 bits per heavy atom. The average molecular weight is 292 g/mol. The summed E-state index contributed by atoms with van der Waals surface area (Å²) in [6, 6.07) is 6.64. The van der Waals surface area contributed by atoms with E-state index in [1.807, 2.05) is 6.92 Å². The standard InChI is InChI=1S/C18H32N2O/c1-5-15(9-14(11-19)12-20)16-7-8-18(21-6-2)17(10-16)13(3)4/h7-8,10,13-15H,5-6,9,11-12,19-20H2,1-4H3. The first-order chi connectivity index (χ1) is 10.1. The number of hydrogen-bond acceptors (Lipinski definition) is 3. The zero-order chi connectivity index (χ0) is 15.8. The quantitative estimate of drug-likeness (QED) is 0.730. The molecule has 3 nitrogen and oxygen atoms in total. The molecule has 0 radical (unpaired) electrons. The third-order valence-electron chi connectivity index (χ3n) is 4.20. The Kier molecular flexibility index (Phi) is 7.76. The Bertz CT molecular complexity index is 414. The average Bonchev–Trinajstić information content (AvgIpc) is 2.49. The van der Waals surface area contributed by atoms with E-state index in [-0.39, 0.29) is 0 Å². The Morgan fingerprint density at radius 1 is 1.10 bits per heavy atom. The molecule has 4 N–H and O–H groups in total. The zero-order valence-electron chi connectivity index (χ0n) is 14.1. The molecule has 0 amide bonds. The molecule has 0 saturated carbocycles. The van der Waals surface area contributed by atoms with Gasteiger partial charge in [0.2, 0.25) is 0 Å². The van der Waals surface area contributed by atoms with E-state index in [0.29, 0.717) is 37.5 Å². The second-order valence-corrected chi connectivity index (χ2v) is 6.06. The van der Waals surface area contributed by atoms with Gasteiger partial charge in [-0.1, -0.05) is 32.9 Å². The van der Waals surface area contributed by atoms with Crippen molar-refractivity contribution in [1.29, 1.82) is 0 Å². The van der Waals surface area contributed by atoms with Gasteiger partial charge in [0.15, 0.2) is 0 Å². The van der Waals surface area contributed by atoms with Crippen molar-refractivity contribution < 1.29 is 4.74 Å². The minimum absolute atomic E-state index is 0.406. The molecule has 120 valence electrons. The maximum atomic E-state index is 5.81. The fraction of sp³-hybridized carbons (Fsp3) is 0.667. The molecule has 0 spiro atoms. The van der Waals surface area contributed by atoms with Crippen LogP contribution in [0.4, 0.5) is 0 Å². The Hall–Kier alpha value is -1.06. The van der Waals surface area contributed by atoms with Gasteiger partial charge in [0.25, 0.3) is 0 Å². The van der Waals surface area contributed by atoms with Crippen LogP contribution in [0.1, 0.15) is 63.5 Å². The predicted molar refractivity (Wildman–Crippen MR) is 90.9 cm³/mol. The van der Waals surface area contributed by atoms with Gasteiger partial charge in [-0.25, -0.2) is 0 Å². The van der Waals surface area contributed by atoms with Crippen LogP contribution in [-0.4, -0.2) is 19.7 Å². The number of ether oxygens (including phenoxy) is 1. The van der Waals surface area contributed by atoms with Gasteiger partial charge in [0.05, 0.1) is 6.61 Å². The Morgan fingerprint density at radius 2 is 1.76 bits per heavy atom. The van der Waals surface area contributed by atoms with Crippen LogP contribution in [0.3, 0.4) is 0 Å². The Balaban J connectivity index is 3.01. The second kappa shape index (κ2) is 9.06. The van der Waals surface area contributed by atoms with Gasteiger partial charge in [0, 0.05) is 0 Å². The van der Waals surface area contributed by atoms with Crippen LogP contribution >= 0.6 is 0 Å². The van der Waals surface area contributed by atoms with E-state index < -0.39 is 0 Å². The maximum absolute atomic E-state index is 5.81. The molecule has 0 heterocycles. The lowest BCUT2D eigenvalue weighted by Gasteiger charge is -2.23. The number of rotatable bonds is 9. The second-order valence-electron chi connectivity index (χ2n) is 6.06. The first-order valence-corrected chi connectivity index (χ1v) is 8.23. The largest absolute Gasteiger partial charge is 0.494 e. The lowest BCUT2D eigenvalue weighted by molar-refractivity contribution is 0.335. The summed E-state index contributed by atoms with van der Waals surface area (Å²) in [5, 5.41) is 0. The summed E-state index contributed by atoms with van der Waals surface area (Å²) in [5.74, 6) is 2.41. The van der Waals surface area contributed by atoms with Gasteiger partial charge in [-0.05, 0) is 67.8 Å². The SMILES string of the molecule is CCOc1ccc(C(CC)CC(CN)CN)cc1C(C)C. The first-order valence-electron chi connectivity index (χ1n) is 8.23. The number of hydrogen-bond donors (Lipinski definition) is 2. The molecule has 1 rings (SSSR count). The predicted octanol–water partition coefficient (Wildman–Crippen LogP) is 3.63. The van der Waals surface area contributed by atoms with Crippen LogP contribution in [-0.2, 0) is 0 Å². The van der Waals surface area contributed by atoms with Crippen molar-refractivity contribution in [2.24, 2.45) is 17.4 Å². The van der Waals surface area contributed by atoms with Crippen LogP contribution in [0.5, 0.6) is 5.75 Å². The lowest BCUT2D eigenvalue weighted by atomic mass is 9.85. The van der Waals surface area contributed by atoms with Gasteiger partial charge in [-0.3, -0.25) is 0 Å². The van der Waals surface area contributed by atoms with Crippen LogP contribution in [0, 0.1) is 5.92 Å². The van der Waals surface area contributed by atoms with E-state index >= 15 is 0 Å². The van der Waals surface area contributed by atoms with Crippen molar-refractivity contribution in [1.82, 2.24) is 0 Å². The van der Waals surface area contributed by atoms with E-state index in [9.17, 15) is 0 Å². The summed E-state index contributed by atoms with van der Waals surface area (Å²) in [4.78, 5) is 0. The van der Waals surface area contributed by atoms with Gasteiger partial charge in [-0.2, -0.15) is 0 Å². The minimum Gasteiger partial charge on any atom is -0.494 e. The monoisotopic (exact) mass is 292 g/mol. The summed E-state index contributed by atoms with van der Waals surface area (Å²) >= 11 is 0. The molecule has 0 aliphatic carbocycles. The lowest BCUT2D eigenvalue weighted by Crippen LogP contribution is -2.25. The molecule has 0 aliphatic rings. The normalized spacial score (nSPS) is 13.0. The minimum atomic E-state index is 0.406. The van der Waals surface area contributed by atoms with Crippen LogP contribution in [0.2, 0.25) is 0 Å². The van der Waals surface area contributed by atoms with Gasteiger partial charge in [-0.15, -0.1) is 0 Å². The highest BCUT2D eigenvalue weighted by Crippen LogP contribution is 2.33. The molecule has 1 atom stereocenters. The van der Waals surface area contributed by atoms with Crippen LogP contribution in [0.15, 0.2) is 18.2 Å². The van der Waals surface area contributed by atoms with Crippen LogP contribution < -0.4 is 16.2 Å². The zero-order valence-corrected chi connectivity index (χ0v) is 14.1. The number of nitrogens with two attached hydrogens (primary N) is 2. The summed E-state index contributed by atoms with van der Waals surface area (Å²) in [5.41, 5.74) is 14.3. The third kappa shape index (κ3) is 5.01. The summed E-state index contributed by atoms with van der Waals surface area (Å²) < 4.78 is 5.75. The molecular weight excluding hydrogens is 260 g/mol. The molecular formula is C18H32N2O. The third-order valence-corrected chi connectivity index (χ3v) is 4.20. The van der Waals surface area contributed by atoms with Crippen molar-refractivity contribution in [2.75, 3.05) is 19.7 Å². The molecule has 1 aromatic rings. The fourth-order valence-corrected chi connectivity index (χ4v) is 2.79. The van der Waals surface area contributed by atoms with Crippen molar-refractivity contribution in [3.63, 3.8) is 0 Å². The topological polar surface area (TPSA) is 61.3 Å². The highest BCUT2D eigenvalue weighted by molar-refractivity contribution is 5.40. The molecule has 21 heavy (non-hydrogen) atoms. The maximum Gasteiger partial charge on any atom is 0.122 e. The molecule has 0 aromatic heterocycles. The molecule has 0 fully saturated rings. The first kappa shape index (κ1) is 18.0. The summed E-state index contributed by atoms with van der Waals surface area (Å²) in [6.07, 6.45) is 2.18. The highest BCUT2D eigenvalue weighted by atomic mass is 16.5. The summed E-state index contributed by atoms with van der Waals surface area (Å²) in [6.45, 7) is 10.7. The van der Waals surface area contributed by atoms with Gasteiger partial charge in [0.1, 0.15) is 5.75 Å². The molecule has 3 heteroatoms. The van der Waals surface area contributed by atoms with Gasteiger partial charge < -0.3 is 16.2 Å². The van der Waals surface area contributed by atoms with E-state index in [2.05, 4.69) is 39.0 Å². The van der Waals surface area contributed by atoms with E-state index in [1.54, 1.807) is 0 Å². The number of benzene rings is 1. The van der Waals surface area contributed by atoms with Gasteiger partial charge >= 0.3 is 0 Å². The summed E-state index contributed by atoms with van der Waals surface area (Å²) in [7, 11) is 0. The van der Waals surface area contributed by atoms with Crippen molar-refractivity contribution >= 4 is 0 Å². The molecule has 0 aliphatic heterocycles. The fourth-order valence-electron chi connectivity index (χ4n) is 2.79. The molecule has 1 aromatic carbocycles. The highest BCUT2D eigenvalue weighted by Gasteiger charge is 2.17. The van der Waals surface area contributed by atoms with Crippen molar-refractivity contribution in [3.8, 4) is 5.75 Å². The smallest absolute Gasteiger partial charge is 0.122 e. The molecule has 0 bridgehead atoms. The van der Waals surface area contributed by atoms with Crippen molar-refractivity contribution in [3.05, 3.63) is 29.3 Å². The molecule has 0 saturated heterocycles.